The first-order valence-corrected chi connectivity index (χ1v) is 14.1. The van der Waals surface area contributed by atoms with Crippen molar-refractivity contribution in [2.24, 2.45) is 5.14 Å². The zero-order chi connectivity index (χ0) is 29.1. The van der Waals surface area contributed by atoms with Gasteiger partial charge in [-0.1, -0.05) is 30.3 Å². The van der Waals surface area contributed by atoms with Crippen molar-refractivity contribution in [1.82, 2.24) is 4.98 Å². The van der Waals surface area contributed by atoms with Gasteiger partial charge in [-0.25, -0.2) is 23.3 Å². The van der Waals surface area contributed by atoms with E-state index in [1.807, 2.05) is 6.08 Å². The summed E-state index contributed by atoms with van der Waals surface area (Å²) >= 11 is 0. The molecule has 1 amide bonds. The second-order valence-electron chi connectivity index (χ2n) is 9.40. The molecule has 0 fully saturated rings. The molecular weight excluding hydrogens is 548 g/mol. The van der Waals surface area contributed by atoms with Gasteiger partial charge in [-0.05, 0) is 72.4 Å². The molecule has 0 saturated carbocycles. The number of nitrogens with one attached hydrogen (secondary N) is 1. The molecule has 0 atom stereocenters. The molecule has 1 aliphatic rings. The SMILES string of the molecule is NS(=O)(=O)c1ccc(NC(=O)COC(=O)c2c3c(nc4ccccc24)C(=Cc2cccc([N+](=O)[O-])c2)CCC3)cc1. The fourth-order valence-electron chi connectivity index (χ4n) is 4.77. The van der Waals surface area contributed by atoms with Gasteiger partial charge in [0.1, 0.15) is 0 Å². The highest BCUT2D eigenvalue weighted by Gasteiger charge is 2.26. The number of nitro groups is 1. The van der Waals surface area contributed by atoms with Gasteiger partial charge in [0.25, 0.3) is 11.6 Å². The van der Waals surface area contributed by atoms with Crippen LogP contribution in [-0.4, -0.2) is 36.8 Å². The van der Waals surface area contributed by atoms with E-state index in [-0.39, 0.29) is 10.6 Å². The van der Waals surface area contributed by atoms with Gasteiger partial charge < -0.3 is 10.1 Å². The van der Waals surface area contributed by atoms with Gasteiger partial charge in [0, 0.05) is 23.2 Å². The molecule has 0 radical (unpaired) electrons. The molecule has 12 heteroatoms. The Morgan fingerprint density at radius 3 is 2.54 bits per heavy atom. The predicted octanol–water partition coefficient (Wildman–Crippen LogP) is 4.46. The molecule has 0 spiro atoms. The van der Waals surface area contributed by atoms with Gasteiger partial charge in [-0.3, -0.25) is 14.9 Å². The number of primary sulfonamides is 1. The number of para-hydroxylation sites is 1. The Kier molecular flexibility index (Phi) is 7.60. The summed E-state index contributed by atoms with van der Waals surface area (Å²) in [6.07, 6.45) is 3.80. The Morgan fingerprint density at radius 2 is 1.80 bits per heavy atom. The molecule has 5 rings (SSSR count). The fraction of sp³-hybridized carbons (Fsp3) is 0.138. The lowest BCUT2D eigenvalue weighted by Crippen LogP contribution is -2.22. The maximum atomic E-state index is 13.4. The molecule has 4 aromatic rings. The second-order valence-corrected chi connectivity index (χ2v) is 11.0. The Hall–Kier alpha value is -4.94. The minimum Gasteiger partial charge on any atom is -0.452 e. The highest BCUT2D eigenvalue weighted by atomic mass is 32.2. The van der Waals surface area contributed by atoms with Gasteiger partial charge >= 0.3 is 5.97 Å². The molecule has 41 heavy (non-hydrogen) atoms. The number of esters is 1. The van der Waals surface area contributed by atoms with Crippen molar-refractivity contribution < 1.29 is 27.7 Å². The average Bonchev–Trinajstić information content (AvgIpc) is 2.95. The minimum absolute atomic E-state index is 0.0234. The van der Waals surface area contributed by atoms with E-state index >= 15 is 0 Å². The van der Waals surface area contributed by atoms with E-state index in [0.29, 0.717) is 51.8 Å². The first-order chi connectivity index (χ1) is 19.6. The number of fused-ring (bicyclic) bond motifs is 2. The average molecular weight is 573 g/mol. The van der Waals surface area contributed by atoms with E-state index in [0.717, 1.165) is 12.0 Å². The summed E-state index contributed by atoms with van der Waals surface area (Å²) in [5.41, 5.74) is 3.97. The lowest BCUT2D eigenvalue weighted by atomic mass is 9.86. The third kappa shape index (κ3) is 6.13. The number of nitrogens with zero attached hydrogens (tertiary/aromatic N) is 2. The number of carbonyl (C=O) groups excluding carboxylic acids is 2. The van der Waals surface area contributed by atoms with Crippen molar-refractivity contribution >= 4 is 55.8 Å². The van der Waals surface area contributed by atoms with Crippen LogP contribution in [0.15, 0.2) is 77.7 Å². The molecule has 1 aromatic heterocycles. The first-order valence-electron chi connectivity index (χ1n) is 12.6. The summed E-state index contributed by atoms with van der Waals surface area (Å²) in [4.78, 5) is 41.4. The number of nitro benzene ring substituents is 1. The van der Waals surface area contributed by atoms with Crippen LogP contribution in [0.5, 0.6) is 0 Å². The number of non-ortho nitro benzene ring substituents is 1. The van der Waals surface area contributed by atoms with Crippen LogP contribution in [0.1, 0.15) is 40.0 Å². The minimum atomic E-state index is -3.87. The van der Waals surface area contributed by atoms with Crippen LogP contribution in [0.3, 0.4) is 0 Å². The number of hydrogen-bond acceptors (Lipinski definition) is 8. The van der Waals surface area contributed by atoms with Crippen molar-refractivity contribution in [1.29, 1.82) is 0 Å². The zero-order valence-electron chi connectivity index (χ0n) is 21.6. The number of nitrogens with two attached hydrogens (primary N) is 1. The number of aromatic nitrogens is 1. The van der Waals surface area contributed by atoms with Crippen molar-refractivity contribution in [3.63, 3.8) is 0 Å². The summed E-state index contributed by atoms with van der Waals surface area (Å²) in [7, 11) is -3.87. The molecule has 3 aromatic carbocycles. The zero-order valence-corrected chi connectivity index (χ0v) is 22.4. The number of benzene rings is 3. The second kappa shape index (κ2) is 11.3. The maximum Gasteiger partial charge on any atom is 0.339 e. The van der Waals surface area contributed by atoms with Crippen LogP contribution in [0, 0.1) is 10.1 Å². The number of rotatable bonds is 7. The van der Waals surface area contributed by atoms with Crippen molar-refractivity contribution in [3.8, 4) is 0 Å². The first kappa shape index (κ1) is 27.6. The lowest BCUT2D eigenvalue weighted by Gasteiger charge is -2.22. The van der Waals surface area contributed by atoms with E-state index in [2.05, 4.69) is 5.32 Å². The number of pyridine rings is 1. The van der Waals surface area contributed by atoms with Crippen LogP contribution in [0.25, 0.3) is 22.6 Å². The molecule has 0 aliphatic heterocycles. The highest BCUT2D eigenvalue weighted by molar-refractivity contribution is 7.89. The number of hydrogen-bond donors (Lipinski definition) is 2. The molecule has 11 nitrogen and oxygen atoms in total. The molecule has 3 N–H and O–H groups in total. The highest BCUT2D eigenvalue weighted by Crippen LogP contribution is 2.36. The fourth-order valence-corrected chi connectivity index (χ4v) is 5.28. The van der Waals surface area contributed by atoms with Crippen LogP contribution < -0.4 is 10.5 Å². The topological polar surface area (TPSA) is 172 Å². The summed E-state index contributed by atoms with van der Waals surface area (Å²) in [6.45, 7) is -0.572. The Morgan fingerprint density at radius 1 is 1.05 bits per heavy atom. The number of sulfonamides is 1. The van der Waals surface area contributed by atoms with E-state index in [1.54, 1.807) is 36.4 Å². The third-order valence-electron chi connectivity index (χ3n) is 6.60. The van der Waals surface area contributed by atoms with E-state index in [9.17, 15) is 28.1 Å². The number of amides is 1. The molecular formula is C29H24N4O7S. The van der Waals surface area contributed by atoms with Gasteiger partial charge in [0.15, 0.2) is 6.61 Å². The Labute approximate surface area is 234 Å². The summed E-state index contributed by atoms with van der Waals surface area (Å²) in [5, 5.41) is 19.5. The van der Waals surface area contributed by atoms with Crippen molar-refractivity contribution in [2.45, 2.75) is 24.2 Å². The van der Waals surface area contributed by atoms with E-state index in [1.165, 1.54) is 36.4 Å². The molecule has 208 valence electrons. The predicted molar refractivity (Wildman–Crippen MR) is 152 cm³/mol. The monoisotopic (exact) mass is 572 g/mol. The molecule has 0 bridgehead atoms. The lowest BCUT2D eigenvalue weighted by molar-refractivity contribution is -0.384. The van der Waals surface area contributed by atoms with Crippen LogP contribution in [0.4, 0.5) is 11.4 Å². The van der Waals surface area contributed by atoms with Gasteiger partial charge in [0.2, 0.25) is 10.0 Å². The maximum absolute atomic E-state index is 13.4. The van der Waals surface area contributed by atoms with Crippen LogP contribution in [0.2, 0.25) is 0 Å². The van der Waals surface area contributed by atoms with Crippen molar-refractivity contribution in [2.75, 3.05) is 11.9 Å². The summed E-state index contributed by atoms with van der Waals surface area (Å²) in [6, 6.07) is 18.7. The third-order valence-corrected chi connectivity index (χ3v) is 7.53. The summed E-state index contributed by atoms with van der Waals surface area (Å²) in [5.74, 6) is -1.30. The molecule has 0 unspecified atom stereocenters. The largest absolute Gasteiger partial charge is 0.452 e. The van der Waals surface area contributed by atoms with Crippen LogP contribution >= 0.6 is 0 Å². The Bertz CT molecular complexity index is 1830. The standard InChI is InChI=1S/C29H24N4O7S/c30-41(38,39)22-13-11-20(12-14-22)31-26(34)17-40-29(35)27-23-8-1-2-10-25(23)32-28-19(6-4-9-24(27)28)15-18-5-3-7-21(16-18)33(36)37/h1-3,5,7-8,10-16H,4,6,9,17H2,(H,31,34)(H2,30,38,39). The van der Waals surface area contributed by atoms with Gasteiger partial charge in [0.05, 0.1) is 26.6 Å². The molecule has 1 heterocycles. The molecule has 1 aliphatic carbocycles. The van der Waals surface area contributed by atoms with E-state index in [4.69, 9.17) is 14.9 Å². The quantitative estimate of drug-likeness (QED) is 0.186. The van der Waals surface area contributed by atoms with Crippen LogP contribution in [-0.2, 0) is 26.0 Å². The van der Waals surface area contributed by atoms with E-state index < -0.39 is 33.4 Å². The van der Waals surface area contributed by atoms with Gasteiger partial charge in [-0.15, -0.1) is 0 Å². The number of anilines is 1. The number of carbonyl (C=O) groups is 2. The number of allylic oxidation sites excluding steroid dienone is 1. The van der Waals surface area contributed by atoms with Gasteiger partial charge in [-0.2, -0.15) is 0 Å². The van der Waals surface area contributed by atoms with Crippen molar-refractivity contribution in [3.05, 3.63) is 105 Å². The molecule has 0 saturated heterocycles. The smallest absolute Gasteiger partial charge is 0.339 e. The number of ether oxygens (including phenoxy) is 1. The summed E-state index contributed by atoms with van der Waals surface area (Å²) < 4.78 is 28.3. The normalized spacial score (nSPS) is 13.9. The Balaban J connectivity index is 1.42.